The third-order valence-corrected chi connectivity index (χ3v) is 1.70. The highest BCUT2D eigenvalue weighted by molar-refractivity contribution is 5.87. The van der Waals surface area contributed by atoms with E-state index in [0.717, 1.165) is 18.7 Å². The van der Waals surface area contributed by atoms with Gasteiger partial charge in [-0.25, -0.2) is 4.79 Å². The molecule has 10 heavy (non-hydrogen) atoms. The molecule has 0 fully saturated rings. The summed E-state index contributed by atoms with van der Waals surface area (Å²) >= 11 is 0. The molecule has 0 bridgehead atoms. The van der Waals surface area contributed by atoms with E-state index in [2.05, 4.69) is 5.32 Å². The molecule has 3 nitrogen and oxygen atoms in total. The molecule has 0 atom stereocenters. The van der Waals surface area contributed by atoms with Crippen LogP contribution in [0.25, 0.3) is 0 Å². The van der Waals surface area contributed by atoms with Gasteiger partial charge in [-0.1, -0.05) is 0 Å². The van der Waals surface area contributed by atoms with Crippen LogP contribution in [0.15, 0.2) is 11.3 Å². The van der Waals surface area contributed by atoms with Gasteiger partial charge in [-0.05, 0) is 19.8 Å². The standard InChI is InChI=1S/C7H11NO2/c1-5-6(7(9)10)3-2-4-8-5/h8H,2-4H2,1H3,(H,9,10). The average molecular weight is 141 g/mol. The molecule has 0 amide bonds. The number of carboxylic acids is 1. The average Bonchev–Trinajstić information content (AvgIpc) is 1.88. The Morgan fingerprint density at radius 3 is 2.80 bits per heavy atom. The van der Waals surface area contributed by atoms with Crippen molar-refractivity contribution in [1.29, 1.82) is 0 Å². The van der Waals surface area contributed by atoms with Gasteiger partial charge >= 0.3 is 5.97 Å². The number of allylic oxidation sites excluding steroid dienone is 1. The summed E-state index contributed by atoms with van der Waals surface area (Å²) in [6, 6.07) is 0. The van der Waals surface area contributed by atoms with Crippen molar-refractivity contribution in [3.05, 3.63) is 11.3 Å². The molecule has 0 radical (unpaired) electrons. The van der Waals surface area contributed by atoms with E-state index in [1.54, 1.807) is 0 Å². The lowest BCUT2D eigenvalue weighted by molar-refractivity contribution is -0.133. The highest BCUT2D eigenvalue weighted by Crippen LogP contribution is 2.13. The number of carbonyl (C=O) groups is 1. The zero-order valence-electron chi connectivity index (χ0n) is 5.98. The SMILES string of the molecule is CC1=C(C(=O)O)CCCN1. The number of hydrogen-bond donors (Lipinski definition) is 2. The summed E-state index contributed by atoms with van der Waals surface area (Å²) in [6.07, 6.45) is 1.63. The number of rotatable bonds is 1. The first-order valence-corrected chi connectivity index (χ1v) is 3.38. The van der Waals surface area contributed by atoms with Crippen molar-refractivity contribution in [3.63, 3.8) is 0 Å². The van der Waals surface area contributed by atoms with Crippen LogP contribution in [-0.2, 0) is 4.79 Å². The van der Waals surface area contributed by atoms with E-state index in [4.69, 9.17) is 5.11 Å². The van der Waals surface area contributed by atoms with Crippen LogP contribution in [0.2, 0.25) is 0 Å². The van der Waals surface area contributed by atoms with Crippen molar-refractivity contribution in [3.8, 4) is 0 Å². The first-order chi connectivity index (χ1) is 4.72. The van der Waals surface area contributed by atoms with Crippen molar-refractivity contribution in [2.45, 2.75) is 19.8 Å². The van der Waals surface area contributed by atoms with Gasteiger partial charge in [-0.2, -0.15) is 0 Å². The van der Waals surface area contributed by atoms with E-state index in [-0.39, 0.29) is 0 Å². The molecular weight excluding hydrogens is 130 g/mol. The van der Waals surface area contributed by atoms with Crippen LogP contribution in [0.4, 0.5) is 0 Å². The van der Waals surface area contributed by atoms with Gasteiger partial charge in [0, 0.05) is 12.2 Å². The van der Waals surface area contributed by atoms with E-state index < -0.39 is 5.97 Å². The van der Waals surface area contributed by atoms with Crippen LogP contribution in [0.3, 0.4) is 0 Å². The Labute approximate surface area is 59.7 Å². The third kappa shape index (κ3) is 1.29. The highest BCUT2D eigenvalue weighted by atomic mass is 16.4. The second-order valence-electron chi connectivity index (χ2n) is 2.44. The van der Waals surface area contributed by atoms with Gasteiger partial charge in [0.2, 0.25) is 0 Å². The fraction of sp³-hybridized carbons (Fsp3) is 0.571. The quantitative estimate of drug-likeness (QED) is 0.566. The minimum Gasteiger partial charge on any atom is -0.478 e. The molecule has 0 aromatic heterocycles. The molecule has 0 saturated carbocycles. The van der Waals surface area contributed by atoms with E-state index in [1.165, 1.54) is 0 Å². The van der Waals surface area contributed by atoms with Gasteiger partial charge in [-0.15, -0.1) is 0 Å². The van der Waals surface area contributed by atoms with Gasteiger partial charge in [0.1, 0.15) is 0 Å². The lowest BCUT2D eigenvalue weighted by atomic mass is 10.1. The Bertz CT molecular complexity index is 184. The van der Waals surface area contributed by atoms with Crippen molar-refractivity contribution >= 4 is 5.97 Å². The van der Waals surface area contributed by atoms with E-state index in [1.807, 2.05) is 6.92 Å². The third-order valence-electron chi connectivity index (χ3n) is 1.70. The molecule has 1 aliphatic rings. The van der Waals surface area contributed by atoms with E-state index in [0.29, 0.717) is 12.0 Å². The molecular formula is C7H11NO2. The van der Waals surface area contributed by atoms with E-state index in [9.17, 15) is 4.79 Å². The molecule has 1 aliphatic heterocycles. The summed E-state index contributed by atoms with van der Waals surface area (Å²) in [5, 5.41) is 11.6. The highest BCUT2D eigenvalue weighted by Gasteiger charge is 2.14. The van der Waals surface area contributed by atoms with Crippen LogP contribution in [0.1, 0.15) is 19.8 Å². The Morgan fingerprint density at radius 1 is 1.70 bits per heavy atom. The Hall–Kier alpha value is -0.990. The van der Waals surface area contributed by atoms with Crippen LogP contribution in [0, 0.1) is 0 Å². The fourth-order valence-electron chi connectivity index (χ4n) is 1.10. The largest absolute Gasteiger partial charge is 0.478 e. The minimum atomic E-state index is -0.787. The first kappa shape index (κ1) is 7.12. The predicted molar refractivity (Wildman–Crippen MR) is 37.6 cm³/mol. The van der Waals surface area contributed by atoms with Crippen LogP contribution in [0.5, 0.6) is 0 Å². The molecule has 0 unspecified atom stereocenters. The molecule has 0 saturated heterocycles. The number of carboxylic acid groups (broad SMARTS) is 1. The normalized spacial score (nSPS) is 18.5. The number of hydrogen-bond acceptors (Lipinski definition) is 2. The molecule has 3 heteroatoms. The van der Waals surface area contributed by atoms with E-state index >= 15 is 0 Å². The molecule has 2 N–H and O–H groups in total. The van der Waals surface area contributed by atoms with Crippen LogP contribution in [-0.4, -0.2) is 17.6 Å². The Morgan fingerprint density at radius 2 is 2.40 bits per heavy atom. The molecule has 0 aromatic rings. The van der Waals surface area contributed by atoms with Crippen molar-refractivity contribution in [2.75, 3.05) is 6.54 Å². The minimum absolute atomic E-state index is 0.534. The van der Waals surface area contributed by atoms with Gasteiger partial charge < -0.3 is 10.4 Å². The van der Waals surface area contributed by atoms with Gasteiger partial charge in [0.15, 0.2) is 0 Å². The smallest absolute Gasteiger partial charge is 0.333 e. The zero-order valence-corrected chi connectivity index (χ0v) is 5.98. The maximum Gasteiger partial charge on any atom is 0.333 e. The predicted octanol–water partition coefficient (Wildman–Crippen LogP) is 0.728. The van der Waals surface area contributed by atoms with Crippen molar-refractivity contribution in [2.24, 2.45) is 0 Å². The summed E-state index contributed by atoms with van der Waals surface area (Å²) in [7, 11) is 0. The Kier molecular flexibility index (Phi) is 1.94. The van der Waals surface area contributed by atoms with Crippen molar-refractivity contribution in [1.82, 2.24) is 5.32 Å². The summed E-state index contributed by atoms with van der Waals surface area (Å²) in [5.41, 5.74) is 1.35. The zero-order chi connectivity index (χ0) is 7.56. The van der Waals surface area contributed by atoms with Crippen LogP contribution < -0.4 is 5.32 Å². The maximum atomic E-state index is 10.5. The number of aliphatic carboxylic acids is 1. The maximum absolute atomic E-state index is 10.5. The summed E-state index contributed by atoms with van der Waals surface area (Å²) in [4.78, 5) is 10.5. The van der Waals surface area contributed by atoms with Gasteiger partial charge in [0.05, 0.1) is 5.57 Å². The molecule has 0 aliphatic carbocycles. The fourth-order valence-corrected chi connectivity index (χ4v) is 1.10. The van der Waals surface area contributed by atoms with Crippen molar-refractivity contribution < 1.29 is 9.90 Å². The van der Waals surface area contributed by atoms with Gasteiger partial charge in [0.25, 0.3) is 0 Å². The molecule has 56 valence electrons. The lowest BCUT2D eigenvalue weighted by Crippen LogP contribution is -2.22. The molecule has 0 aromatic carbocycles. The molecule has 0 spiro atoms. The monoisotopic (exact) mass is 141 g/mol. The first-order valence-electron chi connectivity index (χ1n) is 3.38. The second-order valence-corrected chi connectivity index (χ2v) is 2.44. The number of nitrogens with one attached hydrogen (secondary N) is 1. The summed E-state index contributed by atoms with van der Waals surface area (Å²) in [5.74, 6) is -0.787. The summed E-state index contributed by atoms with van der Waals surface area (Å²) in [6.45, 7) is 2.71. The summed E-state index contributed by atoms with van der Waals surface area (Å²) < 4.78 is 0. The topological polar surface area (TPSA) is 49.3 Å². The molecule has 1 heterocycles. The Balaban J connectivity index is 2.78. The molecule has 1 rings (SSSR count). The van der Waals surface area contributed by atoms with Gasteiger partial charge in [-0.3, -0.25) is 0 Å². The second kappa shape index (κ2) is 2.73. The lowest BCUT2D eigenvalue weighted by Gasteiger charge is -2.15. The van der Waals surface area contributed by atoms with Crippen LogP contribution >= 0.6 is 0 Å².